The van der Waals surface area contributed by atoms with Gasteiger partial charge in [0.05, 0.1) is 17.2 Å². The first-order chi connectivity index (χ1) is 9.01. The van der Waals surface area contributed by atoms with Crippen LogP contribution in [0, 0.1) is 6.92 Å². The van der Waals surface area contributed by atoms with E-state index < -0.39 is 10.0 Å². The monoisotopic (exact) mass is 298 g/mol. The lowest BCUT2D eigenvalue weighted by molar-refractivity contribution is 0.576. The molecule has 2 aromatic rings. The second-order valence-corrected chi connectivity index (χ2v) is 6.67. The first-order valence-electron chi connectivity index (χ1n) is 5.57. The smallest absolute Gasteiger partial charge is 0.258 e. The van der Waals surface area contributed by atoms with Gasteiger partial charge in [-0.15, -0.1) is 11.3 Å². The highest BCUT2D eigenvalue weighted by Crippen LogP contribution is 2.10. The van der Waals surface area contributed by atoms with Crippen molar-refractivity contribution < 1.29 is 8.42 Å². The number of pyridine rings is 1. The Morgan fingerprint density at radius 3 is 2.74 bits per heavy atom. The van der Waals surface area contributed by atoms with E-state index in [0.29, 0.717) is 12.2 Å². The van der Waals surface area contributed by atoms with Crippen molar-refractivity contribution in [3.05, 3.63) is 40.0 Å². The molecule has 0 atom stereocenters. The summed E-state index contributed by atoms with van der Waals surface area (Å²) in [4.78, 5) is 8.08. The van der Waals surface area contributed by atoms with Crippen molar-refractivity contribution in [3.63, 3.8) is 0 Å². The van der Waals surface area contributed by atoms with Crippen LogP contribution in [-0.4, -0.2) is 18.4 Å². The number of nitrogens with one attached hydrogen (secondary N) is 1. The topological polar surface area (TPSA) is 98.0 Å². The van der Waals surface area contributed by atoms with Gasteiger partial charge in [-0.2, -0.15) is 0 Å². The van der Waals surface area contributed by atoms with Crippen LogP contribution in [0.5, 0.6) is 0 Å². The SMILES string of the molecule is Cc1nc(CNS(=O)(=O)c2ccc(CN)cn2)cs1. The lowest BCUT2D eigenvalue weighted by Crippen LogP contribution is -2.24. The number of thiazole rings is 1. The summed E-state index contributed by atoms with van der Waals surface area (Å²) in [5, 5.41) is 2.71. The van der Waals surface area contributed by atoms with Gasteiger partial charge in [0.15, 0.2) is 5.03 Å². The third-order valence-corrected chi connectivity index (χ3v) is 4.56. The molecule has 0 saturated carbocycles. The van der Waals surface area contributed by atoms with Gasteiger partial charge < -0.3 is 5.73 Å². The molecule has 19 heavy (non-hydrogen) atoms. The molecule has 0 fully saturated rings. The predicted octanol–water partition coefficient (Wildman–Crippen LogP) is 0.784. The van der Waals surface area contributed by atoms with Crippen molar-refractivity contribution in [1.29, 1.82) is 0 Å². The maximum Gasteiger partial charge on any atom is 0.258 e. The largest absolute Gasteiger partial charge is 0.326 e. The first kappa shape index (κ1) is 14.1. The molecule has 0 spiro atoms. The van der Waals surface area contributed by atoms with Crippen molar-refractivity contribution in [2.75, 3.05) is 0 Å². The molecule has 0 saturated heterocycles. The lowest BCUT2D eigenvalue weighted by atomic mass is 10.3. The highest BCUT2D eigenvalue weighted by molar-refractivity contribution is 7.89. The number of aromatic nitrogens is 2. The van der Waals surface area contributed by atoms with Crippen molar-refractivity contribution in [3.8, 4) is 0 Å². The van der Waals surface area contributed by atoms with Crippen LogP contribution in [0.4, 0.5) is 0 Å². The van der Waals surface area contributed by atoms with Gasteiger partial charge in [-0.25, -0.2) is 23.1 Å². The van der Waals surface area contributed by atoms with Crippen LogP contribution in [-0.2, 0) is 23.1 Å². The van der Waals surface area contributed by atoms with E-state index in [4.69, 9.17) is 5.73 Å². The quantitative estimate of drug-likeness (QED) is 0.850. The van der Waals surface area contributed by atoms with Gasteiger partial charge in [0.1, 0.15) is 0 Å². The molecule has 0 aliphatic heterocycles. The number of sulfonamides is 1. The van der Waals surface area contributed by atoms with Crippen LogP contribution < -0.4 is 10.5 Å². The summed E-state index contributed by atoms with van der Waals surface area (Å²) in [6.45, 7) is 2.36. The van der Waals surface area contributed by atoms with E-state index in [1.165, 1.54) is 23.6 Å². The molecule has 102 valence electrons. The molecule has 6 nitrogen and oxygen atoms in total. The Kier molecular flexibility index (Phi) is 4.25. The Balaban J connectivity index is 2.09. The van der Waals surface area contributed by atoms with Crippen LogP contribution in [0.3, 0.4) is 0 Å². The zero-order chi connectivity index (χ0) is 13.9. The van der Waals surface area contributed by atoms with E-state index in [0.717, 1.165) is 10.6 Å². The molecular formula is C11H14N4O2S2. The fourth-order valence-corrected chi connectivity index (χ4v) is 2.96. The maximum atomic E-state index is 12.0. The summed E-state index contributed by atoms with van der Waals surface area (Å²) < 4.78 is 26.4. The van der Waals surface area contributed by atoms with Gasteiger partial charge in [-0.1, -0.05) is 6.07 Å². The minimum atomic E-state index is -3.61. The molecule has 8 heteroatoms. The Bertz CT molecular complexity index is 650. The van der Waals surface area contributed by atoms with Crippen LogP contribution in [0.15, 0.2) is 28.7 Å². The van der Waals surface area contributed by atoms with E-state index in [2.05, 4.69) is 14.7 Å². The number of nitrogens with zero attached hydrogens (tertiary/aromatic N) is 2. The molecule has 0 amide bonds. The molecular weight excluding hydrogens is 284 g/mol. The summed E-state index contributed by atoms with van der Waals surface area (Å²) in [7, 11) is -3.61. The standard InChI is InChI=1S/C11H14N4O2S2/c1-8-15-10(7-18-8)6-14-19(16,17)11-3-2-9(4-12)5-13-11/h2-3,5,7,14H,4,6,12H2,1H3. The first-order valence-corrected chi connectivity index (χ1v) is 7.93. The van der Waals surface area contributed by atoms with Gasteiger partial charge in [0.25, 0.3) is 10.0 Å². The third-order valence-electron chi connectivity index (χ3n) is 2.42. The minimum Gasteiger partial charge on any atom is -0.326 e. The third kappa shape index (κ3) is 3.57. The average molecular weight is 298 g/mol. The fraction of sp³-hybridized carbons (Fsp3) is 0.273. The van der Waals surface area contributed by atoms with E-state index in [9.17, 15) is 8.42 Å². The minimum absolute atomic E-state index is 0.0170. The highest BCUT2D eigenvalue weighted by atomic mass is 32.2. The van der Waals surface area contributed by atoms with Crippen molar-refractivity contribution in [2.24, 2.45) is 5.73 Å². The Hall–Kier alpha value is -1.35. The zero-order valence-electron chi connectivity index (χ0n) is 10.3. The normalized spacial score (nSPS) is 11.7. The molecule has 0 unspecified atom stereocenters. The van der Waals surface area contributed by atoms with Gasteiger partial charge in [0.2, 0.25) is 0 Å². The van der Waals surface area contributed by atoms with Crippen LogP contribution in [0.2, 0.25) is 0 Å². The molecule has 0 radical (unpaired) electrons. The van der Waals surface area contributed by atoms with E-state index >= 15 is 0 Å². The van der Waals surface area contributed by atoms with Gasteiger partial charge in [-0.3, -0.25) is 0 Å². The molecule has 2 aromatic heterocycles. The van der Waals surface area contributed by atoms with E-state index in [1.807, 2.05) is 12.3 Å². The molecule has 0 bridgehead atoms. The van der Waals surface area contributed by atoms with Crippen molar-refractivity contribution in [2.45, 2.75) is 25.0 Å². The predicted molar refractivity (Wildman–Crippen MR) is 73.0 cm³/mol. The number of rotatable bonds is 5. The second-order valence-electron chi connectivity index (χ2n) is 3.89. The van der Waals surface area contributed by atoms with Gasteiger partial charge >= 0.3 is 0 Å². The molecule has 2 heterocycles. The fourth-order valence-electron chi connectivity index (χ4n) is 1.42. The number of hydrogen-bond donors (Lipinski definition) is 2. The number of aryl methyl sites for hydroxylation is 1. The molecule has 0 aromatic carbocycles. The zero-order valence-corrected chi connectivity index (χ0v) is 12.0. The van der Waals surface area contributed by atoms with Crippen LogP contribution >= 0.6 is 11.3 Å². The summed E-state index contributed by atoms with van der Waals surface area (Å²) in [6, 6.07) is 3.09. The van der Waals surface area contributed by atoms with Gasteiger partial charge in [0, 0.05) is 18.1 Å². The second kappa shape index (κ2) is 5.74. The molecule has 3 N–H and O–H groups in total. The average Bonchev–Trinajstić information content (AvgIpc) is 2.82. The summed E-state index contributed by atoms with van der Waals surface area (Å²) in [5.41, 5.74) is 6.92. The summed E-state index contributed by atoms with van der Waals surface area (Å²) >= 11 is 1.48. The highest BCUT2D eigenvalue weighted by Gasteiger charge is 2.15. The van der Waals surface area contributed by atoms with Crippen LogP contribution in [0.1, 0.15) is 16.3 Å². The Morgan fingerprint density at radius 2 is 2.21 bits per heavy atom. The Morgan fingerprint density at radius 1 is 1.42 bits per heavy atom. The van der Waals surface area contributed by atoms with Crippen LogP contribution in [0.25, 0.3) is 0 Å². The van der Waals surface area contributed by atoms with Gasteiger partial charge in [-0.05, 0) is 18.6 Å². The lowest BCUT2D eigenvalue weighted by Gasteiger charge is -2.05. The van der Waals surface area contributed by atoms with Crippen molar-refractivity contribution in [1.82, 2.24) is 14.7 Å². The van der Waals surface area contributed by atoms with Crippen molar-refractivity contribution >= 4 is 21.4 Å². The summed E-state index contributed by atoms with van der Waals surface area (Å²) in [5.74, 6) is 0. The maximum absolute atomic E-state index is 12.0. The number of hydrogen-bond acceptors (Lipinski definition) is 6. The Labute approximate surface area is 115 Å². The molecule has 2 rings (SSSR count). The van der Waals surface area contributed by atoms with E-state index in [1.54, 1.807) is 6.07 Å². The van der Waals surface area contributed by atoms with E-state index in [-0.39, 0.29) is 11.6 Å². The molecule has 0 aliphatic rings. The number of nitrogens with two attached hydrogens (primary N) is 1. The summed E-state index contributed by atoms with van der Waals surface area (Å²) in [6.07, 6.45) is 1.46. The molecule has 0 aliphatic carbocycles.